The fourth-order valence-electron chi connectivity index (χ4n) is 1.88. The van der Waals surface area contributed by atoms with Crippen molar-refractivity contribution >= 4 is 5.82 Å². The van der Waals surface area contributed by atoms with Gasteiger partial charge in [-0.2, -0.15) is 0 Å². The van der Waals surface area contributed by atoms with E-state index in [9.17, 15) is 0 Å². The molecule has 1 N–H and O–H groups in total. The minimum Gasteiger partial charge on any atom is -0.357 e. The van der Waals surface area contributed by atoms with Crippen LogP contribution in [-0.4, -0.2) is 29.1 Å². The van der Waals surface area contributed by atoms with E-state index in [0.717, 1.165) is 37.7 Å². The van der Waals surface area contributed by atoms with Crippen LogP contribution in [0.25, 0.3) is 0 Å². The van der Waals surface area contributed by atoms with Gasteiger partial charge in [0.1, 0.15) is 11.6 Å². The Morgan fingerprint density at radius 1 is 1.33 bits per heavy atom. The summed E-state index contributed by atoms with van der Waals surface area (Å²) in [7, 11) is 0. The zero-order chi connectivity index (χ0) is 13.5. The summed E-state index contributed by atoms with van der Waals surface area (Å²) < 4.78 is 0. The molecule has 0 unspecified atom stereocenters. The third-order valence-corrected chi connectivity index (χ3v) is 2.84. The lowest BCUT2D eigenvalue weighted by Crippen LogP contribution is -2.29. The predicted octanol–water partition coefficient (Wildman–Crippen LogP) is 2.52. The van der Waals surface area contributed by atoms with Crippen molar-refractivity contribution in [1.29, 1.82) is 0 Å². The summed E-state index contributed by atoms with van der Waals surface area (Å²) in [6, 6.07) is 0.473. The van der Waals surface area contributed by atoms with E-state index in [1.807, 2.05) is 13.1 Å². The molecule has 0 saturated carbocycles. The fourth-order valence-corrected chi connectivity index (χ4v) is 1.88. The Hall–Kier alpha value is -1.16. The van der Waals surface area contributed by atoms with Crippen LogP contribution in [0.15, 0.2) is 6.20 Å². The first-order valence-corrected chi connectivity index (χ1v) is 6.89. The summed E-state index contributed by atoms with van der Waals surface area (Å²) >= 11 is 0. The van der Waals surface area contributed by atoms with Crippen molar-refractivity contribution in [3.8, 4) is 0 Å². The van der Waals surface area contributed by atoms with Crippen molar-refractivity contribution in [1.82, 2.24) is 15.3 Å². The van der Waals surface area contributed by atoms with Gasteiger partial charge in [-0.3, -0.25) is 0 Å². The molecule has 0 bridgehead atoms. The van der Waals surface area contributed by atoms with Crippen molar-refractivity contribution in [2.24, 2.45) is 0 Å². The van der Waals surface area contributed by atoms with Gasteiger partial charge in [-0.1, -0.05) is 20.8 Å². The maximum atomic E-state index is 4.62. The van der Waals surface area contributed by atoms with Crippen LogP contribution in [0, 0.1) is 6.92 Å². The minimum atomic E-state index is 0.473. The highest BCUT2D eigenvalue weighted by Gasteiger charge is 2.12. The summed E-state index contributed by atoms with van der Waals surface area (Å²) in [4.78, 5) is 11.3. The average molecular weight is 250 g/mol. The Bertz CT molecular complexity index is 363. The van der Waals surface area contributed by atoms with Crippen molar-refractivity contribution in [2.75, 3.05) is 18.0 Å². The molecule has 0 aliphatic rings. The molecule has 0 aromatic carbocycles. The highest BCUT2D eigenvalue weighted by atomic mass is 15.2. The maximum Gasteiger partial charge on any atom is 0.136 e. The van der Waals surface area contributed by atoms with Gasteiger partial charge in [-0.15, -0.1) is 0 Å². The van der Waals surface area contributed by atoms with Gasteiger partial charge in [-0.25, -0.2) is 9.97 Å². The van der Waals surface area contributed by atoms with Crippen LogP contribution in [0.4, 0.5) is 5.82 Å². The highest BCUT2D eigenvalue weighted by molar-refractivity contribution is 5.46. The molecule has 0 fully saturated rings. The van der Waals surface area contributed by atoms with E-state index in [1.165, 1.54) is 5.56 Å². The number of aromatic nitrogens is 2. The number of rotatable bonds is 7. The lowest BCUT2D eigenvalue weighted by atomic mass is 10.2. The molecule has 1 aromatic rings. The van der Waals surface area contributed by atoms with E-state index in [-0.39, 0.29) is 0 Å². The number of hydrogen-bond donors (Lipinski definition) is 1. The van der Waals surface area contributed by atoms with E-state index in [4.69, 9.17) is 0 Å². The molecule has 4 nitrogen and oxygen atoms in total. The average Bonchev–Trinajstić information content (AvgIpc) is 2.34. The van der Waals surface area contributed by atoms with E-state index in [2.05, 4.69) is 47.9 Å². The van der Waals surface area contributed by atoms with Gasteiger partial charge < -0.3 is 10.2 Å². The quantitative estimate of drug-likeness (QED) is 0.807. The van der Waals surface area contributed by atoms with Crippen molar-refractivity contribution in [2.45, 2.75) is 53.6 Å². The van der Waals surface area contributed by atoms with E-state index in [1.54, 1.807) is 0 Å². The Morgan fingerprint density at radius 3 is 2.61 bits per heavy atom. The minimum absolute atomic E-state index is 0.473. The number of anilines is 1. The molecule has 0 spiro atoms. The summed E-state index contributed by atoms with van der Waals surface area (Å²) in [5.74, 6) is 1.92. The van der Waals surface area contributed by atoms with Gasteiger partial charge in [0, 0.05) is 37.4 Å². The molecule has 0 saturated heterocycles. The Morgan fingerprint density at radius 2 is 2.06 bits per heavy atom. The maximum absolute atomic E-state index is 4.62. The van der Waals surface area contributed by atoms with Gasteiger partial charge in [0.15, 0.2) is 0 Å². The van der Waals surface area contributed by atoms with E-state index in [0.29, 0.717) is 6.04 Å². The fraction of sp³-hybridized carbons (Fsp3) is 0.714. The van der Waals surface area contributed by atoms with E-state index >= 15 is 0 Å². The molecule has 1 rings (SSSR count). The standard InChI is InChI=1S/C14H26N4/c1-6-8-18(7-2)14-13(9-15-11(3)4)10-16-12(5)17-14/h10-11,15H,6-9H2,1-5H3. The predicted molar refractivity (Wildman–Crippen MR) is 76.9 cm³/mol. The van der Waals surface area contributed by atoms with E-state index < -0.39 is 0 Å². The molecule has 0 aliphatic carbocycles. The largest absolute Gasteiger partial charge is 0.357 e. The summed E-state index contributed by atoms with van der Waals surface area (Å²) in [6.45, 7) is 13.5. The van der Waals surface area contributed by atoms with Crippen LogP contribution in [0.2, 0.25) is 0 Å². The Labute approximate surface area is 111 Å². The molecular weight excluding hydrogens is 224 g/mol. The first-order valence-electron chi connectivity index (χ1n) is 6.89. The number of nitrogens with zero attached hydrogens (tertiary/aromatic N) is 3. The summed E-state index contributed by atoms with van der Waals surface area (Å²) in [5.41, 5.74) is 1.18. The van der Waals surface area contributed by atoms with Crippen LogP contribution in [0.3, 0.4) is 0 Å². The first kappa shape index (κ1) is 14.9. The molecule has 0 amide bonds. The molecule has 1 heterocycles. The lowest BCUT2D eigenvalue weighted by molar-refractivity contribution is 0.584. The van der Waals surface area contributed by atoms with Crippen LogP contribution in [0.1, 0.15) is 45.5 Å². The Balaban J connectivity index is 2.94. The van der Waals surface area contributed by atoms with Gasteiger partial charge >= 0.3 is 0 Å². The molecule has 0 atom stereocenters. The molecule has 18 heavy (non-hydrogen) atoms. The van der Waals surface area contributed by atoms with Gasteiger partial charge in [-0.05, 0) is 20.3 Å². The van der Waals surface area contributed by atoms with Gasteiger partial charge in [0.05, 0.1) is 0 Å². The molecule has 1 aromatic heterocycles. The van der Waals surface area contributed by atoms with Crippen LogP contribution in [-0.2, 0) is 6.54 Å². The first-order chi connectivity index (χ1) is 8.58. The second-order valence-electron chi connectivity index (χ2n) is 4.88. The molecule has 0 aliphatic heterocycles. The smallest absolute Gasteiger partial charge is 0.136 e. The van der Waals surface area contributed by atoms with Crippen LogP contribution < -0.4 is 10.2 Å². The third kappa shape index (κ3) is 4.26. The Kier molecular flexibility index (Phi) is 6.05. The molecular formula is C14H26N4. The normalized spacial score (nSPS) is 11.0. The molecule has 0 radical (unpaired) electrons. The monoisotopic (exact) mass is 250 g/mol. The number of nitrogens with one attached hydrogen (secondary N) is 1. The summed E-state index contributed by atoms with van der Waals surface area (Å²) in [5, 5.41) is 3.44. The molecule has 4 heteroatoms. The van der Waals surface area contributed by atoms with Crippen LogP contribution in [0.5, 0.6) is 0 Å². The highest BCUT2D eigenvalue weighted by Crippen LogP contribution is 2.17. The van der Waals surface area contributed by atoms with Crippen LogP contribution >= 0.6 is 0 Å². The lowest BCUT2D eigenvalue weighted by Gasteiger charge is -2.24. The zero-order valence-electron chi connectivity index (χ0n) is 12.3. The number of aryl methyl sites for hydroxylation is 1. The summed E-state index contributed by atoms with van der Waals surface area (Å²) in [6.07, 6.45) is 3.08. The molecule has 102 valence electrons. The van der Waals surface area contributed by atoms with Crippen molar-refractivity contribution in [3.63, 3.8) is 0 Å². The SMILES string of the molecule is CCCN(CC)c1nc(C)ncc1CNC(C)C. The van der Waals surface area contributed by atoms with Crippen molar-refractivity contribution in [3.05, 3.63) is 17.6 Å². The second-order valence-corrected chi connectivity index (χ2v) is 4.88. The third-order valence-electron chi connectivity index (χ3n) is 2.84. The number of hydrogen-bond acceptors (Lipinski definition) is 4. The van der Waals surface area contributed by atoms with Gasteiger partial charge in [0.2, 0.25) is 0 Å². The zero-order valence-corrected chi connectivity index (χ0v) is 12.3. The topological polar surface area (TPSA) is 41.1 Å². The second kappa shape index (κ2) is 7.31. The van der Waals surface area contributed by atoms with Gasteiger partial charge in [0.25, 0.3) is 0 Å². The van der Waals surface area contributed by atoms with Crippen molar-refractivity contribution < 1.29 is 0 Å².